The molecule has 4 rings (SSSR count). The largest absolute Gasteiger partial charge is 0.445 e. The molecule has 3 aromatic rings. The summed E-state index contributed by atoms with van der Waals surface area (Å²) in [7, 11) is 0. The molecule has 34 heavy (non-hydrogen) atoms. The number of carbonyl (C=O) groups is 2. The van der Waals surface area contributed by atoms with E-state index < -0.39 is 0 Å². The van der Waals surface area contributed by atoms with Gasteiger partial charge in [-0.3, -0.25) is 14.7 Å². The molecule has 0 radical (unpaired) electrons. The Labute approximate surface area is 203 Å². The van der Waals surface area contributed by atoms with Crippen LogP contribution in [0.4, 0.5) is 4.79 Å². The number of hydrogen-bond donors (Lipinski definition) is 1. The van der Waals surface area contributed by atoms with Gasteiger partial charge in [0.1, 0.15) is 6.61 Å². The summed E-state index contributed by atoms with van der Waals surface area (Å²) in [5.74, 6) is -0.132. The zero-order chi connectivity index (χ0) is 23.9. The summed E-state index contributed by atoms with van der Waals surface area (Å²) in [5, 5.41) is 3.62. The molecule has 1 aliphatic heterocycles. The Morgan fingerprint density at radius 2 is 1.82 bits per heavy atom. The molecule has 0 bridgehead atoms. The first-order valence-electron chi connectivity index (χ1n) is 11.4. The van der Waals surface area contributed by atoms with Crippen LogP contribution >= 0.6 is 11.6 Å². The number of fused-ring (bicyclic) bond motifs is 1. The molecule has 0 unspecified atom stereocenters. The van der Waals surface area contributed by atoms with Gasteiger partial charge in [0.25, 0.3) is 5.91 Å². The molecule has 1 fully saturated rings. The second kappa shape index (κ2) is 11.3. The molecule has 9 heteroatoms. The van der Waals surface area contributed by atoms with Gasteiger partial charge in [-0.25, -0.2) is 9.78 Å². The third kappa shape index (κ3) is 6.21. The Hall–Kier alpha value is -3.23. The van der Waals surface area contributed by atoms with E-state index in [1.54, 1.807) is 35.4 Å². The first-order valence-corrected chi connectivity index (χ1v) is 11.8. The third-order valence-corrected chi connectivity index (χ3v) is 6.09. The van der Waals surface area contributed by atoms with E-state index in [-0.39, 0.29) is 18.6 Å². The summed E-state index contributed by atoms with van der Waals surface area (Å²) in [6.07, 6.45) is 2.26. The smallest absolute Gasteiger partial charge is 0.410 e. The molecule has 2 aromatic carbocycles. The van der Waals surface area contributed by atoms with Gasteiger partial charge in [0.2, 0.25) is 0 Å². The Kier molecular flexibility index (Phi) is 7.92. The van der Waals surface area contributed by atoms with Crippen LogP contribution in [0.2, 0.25) is 5.02 Å². The average Bonchev–Trinajstić information content (AvgIpc) is 2.87. The summed E-state index contributed by atoms with van der Waals surface area (Å²) in [4.78, 5) is 37.7. The lowest BCUT2D eigenvalue weighted by Gasteiger charge is -2.34. The van der Waals surface area contributed by atoms with Gasteiger partial charge in [-0.05, 0) is 42.3 Å². The number of nitrogens with one attached hydrogen (secondary N) is 1. The van der Waals surface area contributed by atoms with Crippen LogP contribution in [0.3, 0.4) is 0 Å². The number of halogens is 1. The average molecular weight is 482 g/mol. The fraction of sp³-hybridized carbons (Fsp3) is 0.360. The van der Waals surface area contributed by atoms with Crippen molar-refractivity contribution in [1.82, 2.24) is 25.1 Å². The standard InChI is InChI=1S/C25H28ClN5O3/c1-2-21-16-28-23-15-19(5-8-22(23)29-21)24(32)27-9-10-30-11-13-31(14-12-30)25(33)34-17-18-3-6-20(26)7-4-18/h3-8,15-16H,2,9-14,17H2,1H3,(H,27,32). The number of aromatic nitrogens is 2. The predicted octanol–water partition coefficient (Wildman–Crippen LogP) is 3.53. The van der Waals surface area contributed by atoms with Gasteiger partial charge in [0.15, 0.2) is 0 Å². The van der Waals surface area contributed by atoms with E-state index in [2.05, 4.69) is 20.2 Å². The molecular formula is C25H28ClN5O3. The van der Waals surface area contributed by atoms with Crippen molar-refractivity contribution in [2.45, 2.75) is 20.0 Å². The van der Waals surface area contributed by atoms with Crippen molar-refractivity contribution in [2.75, 3.05) is 39.3 Å². The van der Waals surface area contributed by atoms with Crippen molar-refractivity contribution in [2.24, 2.45) is 0 Å². The first kappa shape index (κ1) is 23.9. The van der Waals surface area contributed by atoms with Crippen LogP contribution in [0.1, 0.15) is 28.5 Å². The second-order valence-electron chi connectivity index (χ2n) is 8.18. The van der Waals surface area contributed by atoms with Crippen molar-refractivity contribution in [3.63, 3.8) is 0 Å². The molecule has 2 amide bonds. The van der Waals surface area contributed by atoms with E-state index in [0.717, 1.165) is 36.3 Å². The van der Waals surface area contributed by atoms with E-state index in [1.165, 1.54) is 0 Å². The Balaban J connectivity index is 1.17. The number of aryl methyl sites for hydroxylation is 1. The zero-order valence-electron chi connectivity index (χ0n) is 19.2. The first-order chi connectivity index (χ1) is 16.5. The predicted molar refractivity (Wildman–Crippen MR) is 131 cm³/mol. The molecule has 0 spiro atoms. The van der Waals surface area contributed by atoms with Crippen molar-refractivity contribution in [3.05, 3.63) is 70.5 Å². The highest BCUT2D eigenvalue weighted by Gasteiger charge is 2.22. The Morgan fingerprint density at radius 3 is 2.56 bits per heavy atom. The molecular weight excluding hydrogens is 454 g/mol. The van der Waals surface area contributed by atoms with Crippen LogP contribution in [0.5, 0.6) is 0 Å². The summed E-state index contributed by atoms with van der Waals surface area (Å²) < 4.78 is 5.41. The topological polar surface area (TPSA) is 87.7 Å². The lowest BCUT2D eigenvalue weighted by atomic mass is 10.1. The van der Waals surface area contributed by atoms with Gasteiger partial charge < -0.3 is 15.0 Å². The number of benzene rings is 2. The molecule has 178 valence electrons. The highest BCUT2D eigenvalue weighted by atomic mass is 35.5. The lowest BCUT2D eigenvalue weighted by Crippen LogP contribution is -2.50. The molecule has 1 aliphatic rings. The minimum atomic E-state index is -0.312. The van der Waals surface area contributed by atoms with E-state index in [1.807, 2.05) is 25.1 Å². The van der Waals surface area contributed by atoms with Crippen LogP contribution < -0.4 is 5.32 Å². The van der Waals surface area contributed by atoms with Crippen molar-refractivity contribution in [1.29, 1.82) is 0 Å². The molecule has 0 aliphatic carbocycles. The molecule has 2 heterocycles. The number of ether oxygens (including phenoxy) is 1. The van der Waals surface area contributed by atoms with Crippen LogP contribution in [0, 0.1) is 0 Å². The van der Waals surface area contributed by atoms with E-state index >= 15 is 0 Å². The van der Waals surface area contributed by atoms with E-state index in [9.17, 15) is 9.59 Å². The highest BCUT2D eigenvalue weighted by Crippen LogP contribution is 2.13. The number of piperazine rings is 1. The molecule has 0 atom stereocenters. The minimum Gasteiger partial charge on any atom is -0.445 e. The lowest BCUT2D eigenvalue weighted by molar-refractivity contribution is 0.0716. The maximum atomic E-state index is 12.5. The monoisotopic (exact) mass is 481 g/mol. The van der Waals surface area contributed by atoms with Gasteiger partial charge in [-0.1, -0.05) is 30.7 Å². The number of amides is 2. The van der Waals surface area contributed by atoms with Gasteiger partial charge in [-0.2, -0.15) is 0 Å². The fourth-order valence-corrected chi connectivity index (χ4v) is 3.89. The van der Waals surface area contributed by atoms with Gasteiger partial charge in [0, 0.05) is 56.1 Å². The van der Waals surface area contributed by atoms with E-state index in [0.29, 0.717) is 42.3 Å². The van der Waals surface area contributed by atoms with Gasteiger partial charge in [-0.15, -0.1) is 0 Å². The summed E-state index contributed by atoms with van der Waals surface area (Å²) in [6.45, 7) is 6.15. The maximum absolute atomic E-state index is 12.5. The normalized spacial score (nSPS) is 14.2. The van der Waals surface area contributed by atoms with Crippen LogP contribution in [0.15, 0.2) is 48.7 Å². The summed E-state index contributed by atoms with van der Waals surface area (Å²) in [6, 6.07) is 12.6. The Bertz CT molecular complexity index is 1150. The van der Waals surface area contributed by atoms with E-state index in [4.69, 9.17) is 16.3 Å². The maximum Gasteiger partial charge on any atom is 0.410 e. The second-order valence-corrected chi connectivity index (χ2v) is 8.62. The quantitative estimate of drug-likeness (QED) is 0.555. The van der Waals surface area contributed by atoms with Crippen molar-refractivity contribution in [3.8, 4) is 0 Å². The minimum absolute atomic E-state index is 0.132. The number of rotatable bonds is 7. The van der Waals surface area contributed by atoms with Crippen molar-refractivity contribution >= 4 is 34.6 Å². The summed E-state index contributed by atoms with van der Waals surface area (Å²) in [5.41, 5.74) is 3.90. The van der Waals surface area contributed by atoms with Gasteiger partial charge in [0.05, 0.1) is 16.7 Å². The van der Waals surface area contributed by atoms with Crippen molar-refractivity contribution < 1.29 is 14.3 Å². The SMILES string of the molecule is CCc1cnc2cc(C(=O)NCCN3CCN(C(=O)OCc4ccc(Cl)cc4)CC3)ccc2n1. The summed E-state index contributed by atoms with van der Waals surface area (Å²) >= 11 is 5.88. The number of nitrogens with zero attached hydrogens (tertiary/aromatic N) is 4. The zero-order valence-corrected chi connectivity index (χ0v) is 19.9. The molecule has 1 N–H and O–H groups in total. The van der Waals surface area contributed by atoms with Crippen LogP contribution in [-0.4, -0.2) is 71.0 Å². The molecule has 8 nitrogen and oxygen atoms in total. The molecule has 1 aromatic heterocycles. The number of hydrogen-bond acceptors (Lipinski definition) is 6. The molecule has 0 saturated carbocycles. The number of carbonyl (C=O) groups excluding carboxylic acids is 2. The fourth-order valence-electron chi connectivity index (χ4n) is 3.76. The van der Waals surface area contributed by atoms with Gasteiger partial charge >= 0.3 is 6.09 Å². The highest BCUT2D eigenvalue weighted by molar-refractivity contribution is 6.30. The molecule has 1 saturated heterocycles. The van der Waals surface area contributed by atoms with Crippen LogP contribution in [0.25, 0.3) is 11.0 Å². The van der Waals surface area contributed by atoms with Crippen LogP contribution in [-0.2, 0) is 17.8 Å². The Morgan fingerprint density at radius 1 is 1.06 bits per heavy atom. The third-order valence-electron chi connectivity index (χ3n) is 5.84.